The van der Waals surface area contributed by atoms with Gasteiger partial charge in [-0.25, -0.2) is 0 Å². The Morgan fingerprint density at radius 3 is 3.08 bits per heavy atom. The van der Waals surface area contributed by atoms with E-state index < -0.39 is 0 Å². The second-order valence-electron chi connectivity index (χ2n) is 3.77. The normalized spacial score (nSPS) is 24.4. The molecular formula is C9H15N3O. The Kier molecular flexibility index (Phi) is 2.31. The molecule has 1 atom stereocenters. The van der Waals surface area contributed by atoms with E-state index in [0.29, 0.717) is 12.1 Å². The van der Waals surface area contributed by atoms with E-state index >= 15 is 0 Å². The second kappa shape index (κ2) is 3.46. The number of likely N-dealkylation sites (tertiary alicyclic amines) is 1. The van der Waals surface area contributed by atoms with Gasteiger partial charge in [-0.05, 0) is 33.2 Å². The molecule has 2 heterocycles. The van der Waals surface area contributed by atoms with E-state index in [1.807, 2.05) is 0 Å². The van der Waals surface area contributed by atoms with Crippen molar-refractivity contribution in [1.82, 2.24) is 15.0 Å². The van der Waals surface area contributed by atoms with Crippen molar-refractivity contribution in [2.75, 3.05) is 6.54 Å². The Bertz CT molecular complexity index is 258. The summed E-state index contributed by atoms with van der Waals surface area (Å²) in [7, 11) is 0. The van der Waals surface area contributed by atoms with Crippen molar-refractivity contribution in [2.45, 2.75) is 38.8 Å². The lowest BCUT2D eigenvalue weighted by Gasteiger charge is -2.25. The highest BCUT2D eigenvalue weighted by Crippen LogP contribution is 2.31. The molecule has 1 fully saturated rings. The van der Waals surface area contributed by atoms with Crippen LogP contribution in [-0.2, 0) is 0 Å². The van der Waals surface area contributed by atoms with Gasteiger partial charge in [-0.2, -0.15) is 4.98 Å². The van der Waals surface area contributed by atoms with Crippen LogP contribution in [0.25, 0.3) is 0 Å². The van der Waals surface area contributed by atoms with E-state index in [1.165, 1.54) is 12.7 Å². The molecule has 1 aromatic rings. The number of aromatic nitrogens is 2. The van der Waals surface area contributed by atoms with E-state index in [1.54, 1.807) is 0 Å². The van der Waals surface area contributed by atoms with Gasteiger partial charge in [-0.3, -0.25) is 4.90 Å². The van der Waals surface area contributed by atoms with Crippen molar-refractivity contribution < 1.29 is 4.52 Å². The lowest BCUT2D eigenvalue weighted by atomic mass is 10.2. The first-order valence-corrected chi connectivity index (χ1v) is 4.81. The molecule has 0 aromatic carbocycles. The third kappa shape index (κ3) is 1.58. The predicted molar refractivity (Wildman–Crippen MR) is 48.1 cm³/mol. The highest BCUT2D eigenvalue weighted by atomic mass is 16.5. The van der Waals surface area contributed by atoms with Gasteiger partial charge in [0.25, 0.3) is 0 Å². The molecule has 1 aliphatic heterocycles. The summed E-state index contributed by atoms with van der Waals surface area (Å²) < 4.78 is 5.10. The van der Waals surface area contributed by atoms with E-state index in [9.17, 15) is 0 Å². The van der Waals surface area contributed by atoms with Gasteiger partial charge in [-0.15, -0.1) is 0 Å². The average molecular weight is 181 g/mol. The molecule has 0 N–H and O–H groups in total. The van der Waals surface area contributed by atoms with Gasteiger partial charge in [0, 0.05) is 6.04 Å². The minimum absolute atomic E-state index is 0.350. The topological polar surface area (TPSA) is 42.2 Å². The maximum Gasteiger partial charge on any atom is 0.243 e. The Labute approximate surface area is 77.9 Å². The monoisotopic (exact) mass is 181 g/mol. The molecule has 1 aliphatic rings. The first-order valence-electron chi connectivity index (χ1n) is 4.81. The molecule has 0 spiro atoms. The minimum atomic E-state index is 0.350. The van der Waals surface area contributed by atoms with Crippen LogP contribution in [0.15, 0.2) is 10.9 Å². The van der Waals surface area contributed by atoms with Crippen LogP contribution in [0, 0.1) is 0 Å². The summed E-state index contributed by atoms with van der Waals surface area (Å²) in [6.45, 7) is 5.55. The summed E-state index contributed by atoms with van der Waals surface area (Å²) in [4.78, 5) is 6.52. The first-order chi connectivity index (χ1) is 6.29. The summed E-state index contributed by atoms with van der Waals surface area (Å²) in [5.41, 5.74) is 0. The van der Waals surface area contributed by atoms with E-state index in [2.05, 4.69) is 28.9 Å². The first kappa shape index (κ1) is 8.69. The highest BCUT2D eigenvalue weighted by Gasteiger charge is 2.31. The van der Waals surface area contributed by atoms with Crippen molar-refractivity contribution in [3.63, 3.8) is 0 Å². The maximum absolute atomic E-state index is 5.10. The van der Waals surface area contributed by atoms with Gasteiger partial charge in [0.05, 0.1) is 6.04 Å². The molecule has 4 nitrogen and oxygen atoms in total. The molecule has 0 radical (unpaired) electrons. The van der Waals surface area contributed by atoms with Crippen molar-refractivity contribution in [3.05, 3.63) is 12.2 Å². The Hall–Kier alpha value is -0.900. The molecule has 0 amide bonds. The lowest BCUT2D eigenvalue weighted by molar-refractivity contribution is 0.170. The van der Waals surface area contributed by atoms with E-state index in [4.69, 9.17) is 4.52 Å². The zero-order valence-corrected chi connectivity index (χ0v) is 8.10. The number of nitrogens with zero attached hydrogens (tertiary/aromatic N) is 3. The number of rotatable bonds is 2. The molecule has 0 saturated carbocycles. The van der Waals surface area contributed by atoms with E-state index in [-0.39, 0.29) is 0 Å². The molecular weight excluding hydrogens is 166 g/mol. The fraction of sp³-hybridized carbons (Fsp3) is 0.778. The molecule has 0 bridgehead atoms. The van der Waals surface area contributed by atoms with Gasteiger partial charge < -0.3 is 4.52 Å². The van der Waals surface area contributed by atoms with Crippen LogP contribution < -0.4 is 0 Å². The molecule has 1 aromatic heterocycles. The van der Waals surface area contributed by atoms with Gasteiger partial charge in [-0.1, -0.05) is 5.16 Å². The Morgan fingerprint density at radius 1 is 1.62 bits per heavy atom. The quantitative estimate of drug-likeness (QED) is 0.695. The van der Waals surface area contributed by atoms with Crippen LogP contribution in [0.5, 0.6) is 0 Å². The molecule has 4 heteroatoms. The van der Waals surface area contributed by atoms with Gasteiger partial charge in [0.2, 0.25) is 5.89 Å². The number of hydrogen-bond donors (Lipinski definition) is 0. The van der Waals surface area contributed by atoms with Crippen LogP contribution in [0.1, 0.15) is 38.6 Å². The van der Waals surface area contributed by atoms with Gasteiger partial charge in [0.1, 0.15) is 0 Å². The largest absolute Gasteiger partial charge is 0.338 e. The van der Waals surface area contributed by atoms with Gasteiger partial charge >= 0.3 is 0 Å². The van der Waals surface area contributed by atoms with Crippen LogP contribution in [0.3, 0.4) is 0 Å². The molecule has 72 valence electrons. The summed E-state index contributed by atoms with van der Waals surface area (Å²) >= 11 is 0. The molecule has 0 unspecified atom stereocenters. The summed E-state index contributed by atoms with van der Waals surface area (Å²) in [6, 6.07) is 0.905. The zero-order valence-electron chi connectivity index (χ0n) is 8.10. The third-order valence-corrected chi connectivity index (χ3v) is 2.62. The standard InChI is InChI=1S/C9H15N3O/c1-7(2)12-5-3-4-8(12)9-10-6-11-13-9/h6-8H,3-5H2,1-2H3/t8-/m1/s1. The molecule has 2 rings (SSSR count). The van der Waals surface area contributed by atoms with Crippen molar-refractivity contribution >= 4 is 0 Å². The summed E-state index contributed by atoms with van der Waals surface area (Å²) in [6.07, 6.45) is 3.85. The van der Waals surface area contributed by atoms with Crippen molar-refractivity contribution in [2.24, 2.45) is 0 Å². The second-order valence-corrected chi connectivity index (χ2v) is 3.77. The van der Waals surface area contributed by atoms with Crippen molar-refractivity contribution in [1.29, 1.82) is 0 Å². The SMILES string of the molecule is CC(C)N1CCC[C@@H]1c1ncno1. The zero-order chi connectivity index (χ0) is 9.26. The Morgan fingerprint density at radius 2 is 2.46 bits per heavy atom. The average Bonchev–Trinajstić information content (AvgIpc) is 2.74. The molecule has 1 saturated heterocycles. The smallest absolute Gasteiger partial charge is 0.243 e. The van der Waals surface area contributed by atoms with Crippen molar-refractivity contribution in [3.8, 4) is 0 Å². The minimum Gasteiger partial charge on any atom is -0.338 e. The Balaban J connectivity index is 2.14. The fourth-order valence-electron chi connectivity index (χ4n) is 2.00. The van der Waals surface area contributed by atoms with Gasteiger partial charge in [0.15, 0.2) is 6.33 Å². The van der Waals surface area contributed by atoms with E-state index in [0.717, 1.165) is 18.9 Å². The highest BCUT2D eigenvalue weighted by molar-refractivity contribution is 4.93. The third-order valence-electron chi connectivity index (χ3n) is 2.62. The molecule has 13 heavy (non-hydrogen) atoms. The van der Waals surface area contributed by atoms with Crippen LogP contribution in [0.4, 0.5) is 0 Å². The summed E-state index contributed by atoms with van der Waals surface area (Å²) in [5.74, 6) is 0.770. The van der Waals surface area contributed by atoms with Crippen LogP contribution >= 0.6 is 0 Å². The summed E-state index contributed by atoms with van der Waals surface area (Å²) in [5, 5.41) is 3.65. The van der Waals surface area contributed by atoms with Crippen LogP contribution in [0.2, 0.25) is 0 Å². The maximum atomic E-state index is 5.10. The lowest BCUT2D eigenvalue weighted by Crippen LogP contribution is -2.30. The predicted octanol–water partition coefficient (Wildman–Crippen LogP) is 1.61. The van der Waals surface area contributed by atoms with Crippen LogP contribution in [-0.4, -0.2) is 27.6 Å². The number of hydrogen-bond acceptors (Lipinski definition) is 4. The molecule has 0 aliphatic carbocycles. The fourth-order valence-corrected chi connectivity index (χ4v) is 2.00.